The summed E-state index contributed by atoms with van der Waals surface area (Å²) >= 11 is 0. The Bertz CT molecular complexity index is 498. The third-order valence-electron chi connectivity index (χ3n) is 3.21. The highest BCUT2D eigenvalue weighted by Crippen LogP contribution is 2.30. The summed E-state index contributed by atoms with van der Waals surface area (Å²) in [6, 6.07) is 4.89. The van der Waals surface area contributed by atoms with Crippen LogP contribution in [0.25, 0.3) is 0 Å². The molecule has 7 heteroatoms. The van der Waals surface area contributed by atoms with Crippen molar-refractivity contribution >= 4 is 6.03 Å². The molecule has 23 heavy (non-hydrogen) atoms. The number of amides is 2. The molecule has 0 heterocycles. The Morgan fingerprint density at radius 1 is 1.13 bits per heavy atom. The molecule has 1 rings (SSSR count). The van der Waals surface area contributed by atoms with Crippen LogP contribution >= 0.6 is 0 Å². The van der Waals surface area contributed by atoms with Crippen molar-refractivity contribution in [1.82, 2.24) is 10.6 Å². The smallest absolute Gasteiger partial charge is 0.394 e. The summed E-state index contributed by atoms with van der Waals surface area (Å²) in [5.74, 6) is 0. The molecule has 3 N–H and O–H groups in total. The maximum absolute atomic E-state index is 13.1. The standard InChI is InChI=1S/C16H23F3N2O2/c1-15(2,3)9-13(16(17,18)19)21-14(23)20-12(10-22)11-7-5-4-6-8-11/h4-8,12-13,22H,9-10H2,1-3H3,(H2,20,21,23)/t12-,13?/m1/s1. The lowest BCUT2D eigenvalue weighted by molar-refractivity contribution is -0.159. The van der Waals surface area contributed by atoms with Crippen LogP contribution in [0.15, 0.2) is 30.3 Å². The number of alkyl halides is 3. The van der Waals surface area contributed by atoms with Crippen molar-refractivity contribution in [3.05, 3.63) is 35.9 Å². The number of rotatable bonds is 5. The summed E-state index contributed by atoms with van der Waals surface area (Å²) in [7, 11) is 0. The number of halogens is 3. The SMILES string of the molecule is CC(C)(C)CC(NC(=O)N[C@H](CO)c1ccccc1)C(F)(F)F. The van der Waals surface area contributed by atoms with E-state index in [-0.39, 0.29) is 6.42 Å². The van der Waals surface area contributed by atoms with E-state index in [2.05, 4.69) is 5.32 Å². The second kappa shape index (κ2) is 7.68. The van der Waals surface area contributed by atoms with Crippen LogP contribution in [0.5, 0.6) is 0 Å². The molecule has 4 nitrogen and oxygen atoms in total. The van der Waals surface area contributed by atoms with E-state index in [1.165, 1.54) is 0 Å². The Morgan fingerprint density at radius 3 is 2.13 bits per heavy atom. The zero-order chi connectivity index (χ0) is 17.7. The first-order valence-electron chi connectivity index (χ1n) is 7.32. The van der Waals surface area contributed by atoms with Crippen molar-refractivity contribution in [1.29, 1.82) is 0 Å². The van der Waals surface area contributed by atoms with Gasteiger partial charge in [-0.2, -0.15) is 13.2 Å². The molecule has 1 aromatic rings. The molecule has 0 saturated carbocycles. The third-order valence-corrected chi connectivity index (χ3v) is 3.21. The minimum absolute atomic E-state index is 0.237. The molecule has 0 aromatic heterocycles. The molecular formula is C16H23F3N2O2. The van der Waals surface area contributed by atoms with Crippen LogP contribution in [0.2, 0.25) is 0 Å². The Kier molecular flexibility index (Phi) is 6.44. The number of aliphatic hydroxyl groups excluding tert-OH is 1. The molecule has 0 spiro atoms. The molecule has 2 atom stereocenters. The summed E-state index contributed by atoms with van der Waals surface area (Å²) in [5.41, 5.74) is 0.0213. The Hall–Kier alpha value is -1.76. The first kappa shape index (κ1) is 19.3. The number of nitrogens with one attached hydrogen (secondary N) is 2. The van der Waals surface area contributed by atoms with E-state index in [1.807, 2.05) is 5.32 Å². The molecule has 1 aromatic carbocycles. The Labute approximate surface area is 134 Å². The van der Waals surface area contributed by atoms with Crippen molar-refractivity contribution in [2.75, 3.05) is 6.61 Å². The molecule has 2 amide bonds. The number of benzene rings is 1. The predicted octanol–water partition coefficient (Wildman–Crippen LogP) is 3.39. The van der Waals surface area contributed by atoms with Crippen LogP contribution in [-0.2, 0) is 0 Å². The Morgan fingerprint density at radius 2 is 1.70 bits per heavy atom. The average molecular weight is 332 g/mol. The van der Waals surface area contributed by atoms with Gasteiger partial charge in [0.2, 0.25) is 0 Å². The minimum atomic E-state index is -4.54. The summed E-state index contributed by atoms with van der Waals surface area (Å²) < 4.78 is 39.2. The quantitative estimate of drug-likeness (QED) is 0.774. The average Bonchev–Trinajstić information content (AvgIpc) is 2.42. The van der Waals surface area contributed by atoms with E-state index in [0.717, 1.165) is 0 Å². The molecule has 0 aliphatic heterocycles. The van der Waals surface area contributed by atoms with Crippen LogP contribution in [0, 0.1) is 5.41 Å². The van der Waals surface area contributed by atoms with E-state index in [1.54, 1.807) is 51.1 Å². The fourth-order valence-corrected chi connectivity index (χ4v) is 2.14. The zero-order valence-electron chi connectivity index (χ0n) is 13.4. The number of carbonyl (C=O) groups is 1. The van der Waals surface area contributed by atoms with Crippen molar-refractivity contribution in [3.8, 4) is 0 Å². The van der Waals surface area contributed by atoms with Crippen LogP contribution in [0.1, 0.15) is 38.8 Å². The van der Waals surface area contributed by atoms with Gasteiger partial charge in [0.1, 0.15) is 6.04 Å². The normalized spacial score (nSPS) is 14.9. The minimum Gasteiger partial charge on any atom is -0.394 e. The molecule has 0 bridgehead atoms. The highest BCUT2D eigenvalue weighted by atomic mass is 19.4. The van der Waals surface area contributed by atoms with E-state index >= 15 is 0 Å². The van der Waals surface area contributed by atoms with Gasteiger partial charge < -0.3 is 15.7 Å². The lowest BCUT2D eigenvalue weighted by atomic mass is 9.88. The van der Waals surface area contributed by atoms with Gasteiger partial charge in [-0.25, -0.2) is 4.79 Å². The van der Waals surface area contributed by atoms with Gasteiger partial charge in [0.15, 0.2) is 0 Å². The monoisotopic (exact) mass is 332 g/mol. The summed E-state index contributed by atoms with van der Waals surface area (Å²) in [6.07, 6.45) is -4.77. The maximum atomic E-state index is 13.1. The van der Waals surface area contributed by atoms with Crippen LogP contribution < -0.4 is 10.6 Å². The highest BCUT2D eigenvalue weighted by molar-refractivity contribution is 5.75. The van der Waals surface area contributed by atoms with Crippen LogP contribution in [-0.4, -0.2) is 30.0 Å². The van der Waals surface area contributed by atoms with Crippen molar-refractivity contribution in [3.63, 3.8) is 0 Å². The number of carbonyl (C=O) groups excluding carboxylic acids is 1. The van der Waals surface area contributed by atoms with Crippen molar-refractivity contribution < 1.29 is 23.1 Å². The molecule has 0 fully saturated rings. The fraction of sp³-hybridized carbons (Fsp3) is 0.562. The van der Waals surface area contributed by atoms with E-state index in [4.69, 9.17) is 0 Å². The van der Waals surface area contributed by atoms with Crippen LogP contribution in [0.3, 0.4) is 0 Å². The molecule has 130 valence electrons. The van der Waals surface area contributed by atoms with Gasteiger partial charge in [-0.05, 0) is 17.4 Å². The van der Waals surface area contributed by atoms with Gasteiger partial charge in [-0.3, -0.25) is 0 Å². The third kappa shape index (κ3) is 6.90. The Balaban J connectivity index is 2.75. The molecule has 0 aliphatic carbocycles. The first-order valence-corrected chi connectivity index (χ1v) is 7.32. The maximum Gasteiger partial charge on any atom is 0.408 e. The number of hydrogen-bond donors (Lipinski definition) is 3. The molecule has 1 unspecified atom stereocenters. The van der Waals surface area contributed by atoms with Gasteiger partial charge in [0.05, 0.1) is 12.6 Å². The first-order chi connectivity index (χ1) is 10.5. The zero-order valence-corrected chi connectivity index (χ0v) is 13.4. The number of hydrogen-bond acceptors (Lipinski definition) is 2. The molecule has 0 radical (unpaired) electrons. The van der Waals surface area contributed by atoms with E-state index in [0.29, 0.717) is 5.56 Å². The largest absolute Gasteiger partial charge is 0.408 e. The molecule has 0 aliphatic rings. The lowest BCUT2D eigenvalue weighted by Gasteiger charge is -2.29. The summed E-state index contributed by atoms with van der Waals surface area (Å²) in [4.78, 5) is 11.9. The van der Waals surface area contributed by atoms with Gasteiger partial charge in [-0.15, -0.1) is 0 Å². The van der Waals surface area contributed by atoms with Gasteiger partial charge >= 0.3 is 12.2 Å². The van der Waals surface area contributed by atoms with E-state index in [9.17, 15) is 23.1 Å². The lowest BCUT2D eigenvalue weighted by Crippen LogP contribution is -2.51. The molecular weight excluding hydrogens is 309 g/mol. The van der Waals surface area contributed by atoms with Crippen LogP contribution in [0.4, 0.5) is 18.0 Å². The van der Waals surface area contributed by atoms with Gasteiger partial charge in [-0.1, -0.05) is 51.1 Å². The number of urea groups is 1. The second-order valence-corrected chi connectivity index (χ2v) is 6.62. The predicted molar refractivity (Wildman–Crippen MR) is 81.9 cm³/mol. The summed E-state index contributed by atoms with van der Waals surface area (Å²) in [6.45, 7) is 4.61. The van der Waals surface area contributed by atoms with Crippen molar-refractivity contribution in [2.24, 2.45) is 5.41 Å². The molecule has 0 saturated heterocycles. The van der Waals surface area contributed by atoms with Crippen molar-refractivity contribution in [2.45, 2.75) is 45.5 Å². The van der Waals surface area contributed by atoms with Gasteiger partial charge in [0.25, 0.3) is 0 Å². The fourth-order valence-electron chi connectivity index (χ4n) is 2.14. The van der Waals surface area contributed by atoms with E-state index < -0.39 is 36.3 Å². The number of aliphatic hydroxyl groups is 1. The van der Waals surface area contributed by atoms with Gasteiger partial charge in [0, 0.05) is 0 Å². The summed E-state index contributed by atoms with van der Waals surface area (Å²) in [5, 5.41) is 13.7. The second-order valence-electron chi connectivity index (χ2n) is 6.62. The highest BCUT2D eigenvalue weighted by Gasteiger charge is 2.42. The topological polar surface area (TPSA) is 61.4 Å².